The van der Waals surface area contributed by atoms with Crippen molar-refractivity contribution in [3.8, 4) is 0 Å². The quantitative estimate of drug-likeness (QED) is 0.0203. The summed E-state index contributed by atoms with van der Waals surface area (Å²) in [5.74, 6) is -0.942. The largest absolute Gasteiger partial charge is 0.462 e. The molecular formula is C49H88O15. The molecule has 2 heterocycles. The van der Waals surface area contributed by atoms with Crippen molar-refractivity contribution in [3.05, 3.63) is 24.3 Å². The summed E-state index contributed by atoms with van der Waals surface area (Å²) >= 11 is 0. The minimum Gasteiger partial charge on any atom is -0.462 e. The Hall–Kier alpha value is -2.02. The Balaban J connectivity index is 1.83. The summed E-state index contributed by atoms with van der Waals surface area (Å²) in [5.41, 5.74) is 0. The Bertz CT molecular complexity index is 1220. The number of carbonyl (C=O) groups excluding carboxylic acids is 2. The van der Waals surface area contributed by atoms with E-state index in [0.717, 1.165) is 77.0 Å². The van der Waals surface area contributed by atoms with Crippen LogP contribution >= 0.6 is 0 Å². The van der Waals surface area contributed by atoms with Gasteiger partial charge < -0.3 is 64.2 Å². The van der Waals surface area contributed by atoms with Gasteiger partial charge in [-0.15, -0.1) is 0 Å². The summed E-state index contributed by atoms with van der Waals surface area (Å²) in [7, 11) is 0. The fourth-order valence-electron chi connectivity index (χ4n) is 7.73. The molecule has 2 rings (SSSR count). The zero-order valence-corrected chi connectivity index (χ0v) is 39.3. The van der Waals surface area contributed by atoms with Gasteiger partial charge in [-0.25, -0.2) is 0 Å². The number of aliphatic hydroxyl groups is 7. The number of hydrogen-bond donors (Lipinski definition) is 7. The van der Waals surface area contributed by atoms with Gasteiger partial charge >= 0.3 is 11.9 Å². The number of rotatable bonds is 38. The van der Waals surface area contributed by atoms with Crippen molar-refractivity contribution in [1.82, 2.24) is 0 Å². The molecule has 2 aliphatic heterocycles. The van der Waals surface area contributed by atoms with Gasteiger partial charge in [0.05, 0.1) is 19.8 Å². The lowest BCUT2D eigenvalue weighted by molar-refractivity contribution is -0.332. The predicted molar refractivity (Wildman–Crippen MR) is 243 cm³/mol. The molecule has 0 saturated carbocycles. The van der Waals surface area contributed by atoms with Crippen LogP contribution in [0.1, 0.15) is 181 Å². The third kappa shape index (κ3) is 25.2. The van der Waals surface area contributed by atoms with Gasteiger partial charge in [-0.05, 0) is 64.2 Å². The van der Waals surface area contributed by atoms with Crippen LogP contribution in [-0.2, 0) is 38.0 Å². The van der Waals surface area contributed by atoms with Crippen LogP contribution in [0.4, 0.5) is 0 Å². The fourth-order valence-corrected chi connectivity index (χ4v) is 7.73. The van der Waals surface area contributed by atoms with Crippen LogP contribution in [0.3, 0.4) is 0 Å². The van der Waals surface area contributed by atoms with E-state index in [-0.39, 0.29) is 26.1 Å². The van der Waals surface area contributed by atoms with Crippen molar-refractivity contribution in [2.75, 3.05) is 26.4 Å². The van der Waals surface area contributed by atoms with Crippen molar-refractivity contribution in [2.24, 2.45) is 0 Å². The normalized spacial score (nSPS) is 26.8. The first-order chi connectivity index (χ1) is 31.0. The minimum absolute atomic E-state index is 0.155. The fraction of sp³-hybridized carbons (Fsp3) is 0.878. The van der Waals surface area contributed by atoms with Crippen LogP contribution in [0.5, 0.6) is 0 Å². The highest BCUT2D eigenvalue weighted by molar-refractivity contribution is 5.70. The highest BCUT2D eigenvalue weighted by atomic mass is 16.7. The number of ether oxygens (including phenoxy) is 6. The summed E-state index contributed by atoms with van der Waals surface area (Å²) in [5, 5.41) is 72.0. The lowest BCUT2D eigenvalue weighted by Gasteiger charge is -2.42. The Morgan fingerprint density at radius 1 is 0.484 bits per heavy atom. The average molecular weight is 917 g/mol. The molecule has 15 nitrogen and oxygen atoms in total. The van der Waals surface area contributed by atoms with Crippen LogP contribution in [0.15, 0.2) is 24.3 Å². The average Bonchev–Trinajstić information content (AvgIpc) is 3.29. The zero-order valence-electron chi connectivity index (χ0n) is 39.3. The van der Waals surface area contributed by atoms with E-state index in [4.69, 9.17) is 28.4 Å². The molecule has 7 N–H and O–H groups in total. The van der Waals surface area contributed by atoms with Crippen molar-refractivity contribution in [3.63, 3.8) is 0 Å². The van der Waals surface area contributed by atoms with Gasteiger partial charge in [-0.3, -0.25) is 9.59 Å². The Morgan fingerprint density at radius 3 is 1.39 bits per heavy atom. The zero-order chi connectivity index (χ0) is 46.8. The maximum absolute atomic E-state index is 13.0. The Kier molecular flexibility index (Phi) is 33.6. The molecule has 0 aromatic heterocycles. The van der Waals surface area contributed by atoms with Crippen LogP contribution in [-0.4, -0.2) is 142 Å². The third-order valence-electron chi connectivity index (χ3n) is 11.9. The molecule has 0 radical (unpaired) electrons. The molecule has 2 saturated heterocycles. The van der Waals surface area contributed by atoms with Crippen LogP contribution in [0.25, 0.3) is 0 Å². The van der Waals surface area contributed by atoms with Crippen LogP contribution in [0, 0.1) is 0 Å². The third-order valence-corrected chi connectivity index (χ3v) is 11.9. The van der Waals surface area contributed by atoms with Crippen molar-refractivity contribution in [2.45, 2.75) is 248 Å². The topological polar surface area (TPSA) is 231 Å². The van der Waals surface area contributed by atoms with E-state index in [1.807, 2.05) is 0 Å². The van der Waals surface area contributed by atoms with Gasteiger partial charge in [0.2, 0.25) is 0 Å². The van der Waals surface area contributed by atoms with Gasteiger partial charge in [0.15, 0.2) is 18.7 Å². The van der Waals surface area contributed by atoms with Crippen LogP contribution in [0.2, 0.25) is 0 Å². The van der Waals surface area contributed by atoms with Gasteiger partial charge in [-0.2, -0.15) is 0 Å². The lowest BCUT2D eigenvalue weighted by atomic mass is 9.98. The molecule has 0 aromatic carbocycles. The molecule has 15 heteroatoms. The second kappa shape index (κ2) is 37.0. The van der Waals surface area contributed by atoms with E-state index in [1.165, 1.54) is 64.2 Å². The second-order valence-electron chi connectivity index (χ2n) is 17.6. The SMILES string of the molecule is CCCCCC/C=C/CCCCCCCC(=O)O[C@H](COC(=O)CCCCCCC/C=C/CCCCCCCC)CO[C@@H]1O[C@H](CO[C@@H]2O[C@H](CO)[C@H](O)C(O)C2O)[C@H](O)C(O)C1O. The van der Waals surface area contributed by atoms with Gasteiger partial charge in [0.1, 0.15) is 55.4 Å². The smallest absolute Gasteiger partial charge is 0.306 e. The summed E-state index contributed by atoms with van der Waals surface area (Å²) in [6.45, 7) is 2.55. The van der Waals surface area contributed by atoms with Gasteiger partial charge in [0, 0.05) is 12.8 Å². The summed E-state index contributed by atoms with van der Waals surface area (Å²) < 4.78 is 33.5. The van der Waals surface area contributed by atoms with E-state index in [2.05, 4.69) is 38.2 Å². The maximum Gasteiger partial charge on any atom is 0.306 e. The van der Waals surface area contributed by atoms with Crippen molar-refractivity contribution in [1.29, 1.82) is 0 Å². The second-order valence-corrected chi connectivity index (χ2v) is 17.6. The van der Waals surface area contributed by atoms with Crippen molar-refractivity contribution < 1.29 is 73.8 Å². The summed E-state index contributed by atoms with van der Waals surface area (Å²) in [6, 6.07) is 0. The Morgan fingerprint density at radius 2 is 0.891 bits per heavy atom. The predicted octanol–water partition coefficient (Wildman–Crippen LogP) is 6.38. The summed E-state index contributed by atoms with van der Waals surface area (Å²) in [6.07, 6.45) is 19.2. The Labute approximate surface area is 383 Å². The molecule has 374 valence electrons. The number of aliphatic hydroxyl groups excluding tert-OH is 7. The van der Waals surface area contributed by atoms with Crippen LogP contribution < -0.4 is 0 Å². The number of esters is 2. The molecule has 2 fully saturated rings. The molecule has 0 amide bonds. The first kappa shape index (κ1) is 58.1. The first-order valence-corrected chi connectivity index (χ1v) is 24.9. The highest BCUT2D eigenvalue weighted by Crippen LogP contribution is 2.26. The molecule has 4 unspecified atom stereocenters. The number of hydrogen-bond acceptors (Lipinski definition) is 15. The highest BCUT2D eigenvalue weighted by Gasteiger charge is 2.47. The lowest BCUT2D eigenvalue weighted by Crippen LogP contribution is -2.61. The van der Waals surface area contributed by atoms with Gasteiger partial charge in [0.25, 0.3) is 0 Å². The molecule has 0 spiro atoms. The van der Waals surface area contributed by atoms with Gasteiger partial charge in [-0.1, -0.05) is 128 Å². The summed E-state index contributed by atoms with van der Waals surface area (Å²) in [4.78, 5) is 25.7. The van der Waals surface area contributed by atoms with E-state index >= 15 is 0 Å². The van der Waals surface area contributed by atoms with E-state index in [1.54, 1.807) is 0 Å². The van der Waals surface area contributed by atoms with Crippen molar-refractivity contribution >= 4 is 11.9 Å². The standard InChI is InChI=1S/C49H88O15/c1-3-5-7-9-11-13-15-17-18-20-21-23-25-27-29-31-40(51)59-34-37(62-41(52)32-30-28-26-24-22-19-16-14-12-10-8-6-4-2)35-60-48-47(58)45(56)43(54)39(64-48)36-61-49-46(57)44(55)42(53)38(33-50)63-49/h14,16-18,37-39,42-50,53-58H,3-13,15,19-36H2,1-2H3/b16-14+,18-17+/t37-,38-,39-,42+,43+,44?,45?,46?,47?,48-,49-/m1/s1. The number of unbranched alkanes of at least 4 members (excludes halogenated alkanes) is 20. The molecule has 11 atom stereocenters. The number of carbonyl (C=O) groups is 2. The van der Waals surface area contributed by atoms with E-state index < -0.39 is 92.7 Å². The van der Waals surface area contributed by atoms with E-state index in [0.29, 0.717) is 12.8 Å². The first-order valence-electron chi connectivity index (χ1n) is 24.9. The molecular weight excluding hydrogens is 829 g/mol. The molecule has 0 bridgehead atoms. The minimum atomic E-state index is -1.76. The molecule has 2 aliphatic rings. The molecule has 0 aliphatic carbocycles. The monoisotopic (exact) mass is 917 g/mol. The molecule has 64 heavy (non-hydrogen) atoms. The number of allylic oxidation sites excluding steroid dienone is 4. The van der Waals surface area contributed by atoms with E-state index in [9.17, 15) is 45.3 Å². The maximum atomic E-state index is 13.0. The molecule has 0 aromatic rings.